The van der Waals surface area contributed by atoms with Crippen LogP contribution < -0.4 is 0 Å². The summed E-state index contributed by atoms with van der Waals surface area (Å²) in [5.74, 6) is 0. The van der Waals surface area contributed by atoms with E-state index in [1.807, 2.05) is 12.1 Å². The van der Waals surface area contributed by atoms with E-state index in [1.54, 1.807) is 10.7 Å². The zero-order chi connectivity index (χ0) is 8.55. The molecule has 0 unspecified atom stereocenters. The Morgan fingerprint density at radius 3 is 3.17 bits per heavy atom. The lowest BCUT2D eigenvalue weighted by Crippen LogP contribution is -1.98. The molecule has 0 aliphatic heterocycles. The third-order valence-electron chi connectivity index (χ3n) is 1.76. The van der Waals surface area contributed by atoms with Crippen LogP contribution in [0.5, 0.6) is 0 Å². The Morgan fingerprint density at radius 1 is 1.58 bits per heavy atom. The molecule has 0 spiro atoms. The van der Waals surface area contributed by atoms with Crippen molar-refractivity contribution in [3.8, 4) is 0 Å². The van der Waals surface area contributed by atoms with E-state index in [0.29, 0.717) is 5.15 Å². The zero-order valence-electron chi connectivity index (χ0n) is 6.66. The maximum absolute atomic E-state index is 5.81. The van der Waals surface area contributed by atoms with E-state index in [9.17, 15) is 0 Å². The van der Waals surface area contributed by atoms with Gasteiger partial charge in [0, 0.05) is 11.8 Å². The summed E-state index contributed by atoms with van der Waals surface area (Å²) in [5.41, 5.74) is 1.88. The largest absolute Gasteiger partial charge is 0.219 e. The fourth-order valence-electron chi connectivity index (χ4n) is 1.19. The lowest BCUT2D eigenvalue weighted by Gasteiger charge is -2.00. The maximum Gasteiger partial charge on any atom is 0.156 e. The molecule has 0 aliphatic rings. The molecule has 4 heteroatoms. The SMILES string of the molecule is CCc1cc(Cl)nc2ccnn12. The summed E-state index contributed by atoms with van der Waals surface area (Å²) in [7, 11) is 0. The molecular formula is C8H8ClN3. The summed E-state index contributed by atoms with van der Waals surface area (Å²) in [5, 5.41) is 4.65. The van der Waals surface area contributed by atoms with E-state index in [-0.39, 0.29) is 0 Å². The summed E-state index contributed by atoms with van der Waals surface area (Å²) >= 11 is 5.81. The van der Waals surface area contributed by atoms with Crippen molar-refractivity contribution in [2.75, 3.05) is 0 Å². The predicted octanol–water partition coefficient (Wildman–Crippen LogP) is 1.95. The molecule has 0 saturated carbocycles. The second kappa shape index (κ2) is 2.75. The fourth-order valence-corrected chi connectivity index (χ4v) is 1.41. The van der Waals surface area contributed by atoms with Crippen LogP contribution in [-0.4, -0.2) is 14.6 Å². The van der Waals surface area contributed by atoms with Crippen LogP contribution in [0.15, 0.2) is 18.3 Å². The van der Waals surface area contributed by atoms with Crippen LogP contribution in [0.3, 0.4) is 0 Å². The van der Waals surface area contributed by atoms with Gasteiger partial charge in [-0.25, -0.2) is 9.50 Å². The van der Waals surface area contributed by atoms with Gasteiger partial charge in [0.2, 0.25) is 0 Å². The van der Waals surface area contributed by atoms with Crippen molar-refractivity contribution in [3.63, 3.8) is 0 Å². The highest BCUT2D eigenvalue weighted by atomic mass is 35.5. The van der Waals surface area contributed by atoms with E-state index in [2.05, 4.69) is 17.0 Å². The third kappa shape index (κ3) is 1.06. The molecule has 0 atom stereocenters. The fraction of sp³-hybridized carbons (Fsp3) is 0.250. The molecule has 62 valence electrons. The van der Waals surface area contributed by atoms with E-state index < -0.39 is 0 Å². The summed E-state index contributed by atoms with van der Waals surface area (Å²) in [6, 6.07) is 3.67. The van der Waals surface area contributed by atoms with E-state index in [1.165, 1.54) is 0 Å². The first-order valence-electron chi connectivity index (χ1n) is 3.80. The minimum absolute atomic E-state index is 0.528. The lowest BCUT2D eigenvalue weighted by atomic mass is 10.3. The van der Waals surface area contributed by atoms with Crippen LogP contribution in [0.1, 0.15) is 12.6 Å². The first kappa shape index (κ1) is 7.55. The number of rotatable bonds is 1. The standard InChI is InChI=1S/C8H8ClN3/c1-2-6-5-7(9)11-8-3-4-10-12(6)8/h3-5H,2H2,1H3. The number of nitrogens with zero attached hydrogens (tertiary/aromatic N) is 3. The molecule has 2 aromatic rings. The average Bonchev–Trinajstić information content (AvgIpc) is 2.50. The van der Waals surface area contributed by atoms with Crippen molar-refractivity contribution in [1.82, 2.24) is 14.6 Å². The summed E-state index contributed by atoms with van der Waals surface area (Å²) in [6.07, 6.45) is 2.62. The van der Waals surface area contributed by atoms with Gasteiger partial charge in [0.25, 0.3) is 0 Å². The van der Waals surface area contributed by atoms with Gasteiger partial charge in [-0.3, -0.25) is 0 Å². The molecule has 0 N–H and O–H groups in total. The molecule has 2 heterocycles. The predicted molar refractivity (Wildman–Crippen MR) is 47.4 cm³/mol. The zero-order valence-corrected chi connectivity index (χ0v) is 7.41. The number of hydrogen-bond acceptors (Lipinski definition) is 2. The molecule has 0 bridgehead atoms. The number of aromatic nitrogens is 3. The van der Waals surface area contributed by atoms with Crippen LogP contribution in [0.25, 0.3) is 5.65 Å². The molecule has 2 rings (SSSR count). The van der Waals surface area contributed by atoms with Crippen molar-refractivity contribution in [2.24, 2.45) is 0 Å². The Bertz CT molecular complexity index is 408. The lowest BCUT2D eigenvalue weighted by molar-refractivity contribution is 0.850. The van der Waals surface area contributed by atoms with Gasteiger partial charge in [-0.15, -0.1) is 0 Å². The van der Waals surface area contributed by atoms with Crippen LogP contribution in [0, 0.1) is 0 Å². The molecule has 2 aromatic heterocycles. The molecule has 0 radical (unpaired) electrons. The highest BCUT2D eigenvalue weighted by Gasteiger charge is 2.01. The molecule has 0 aromatic carbocycles. The van der Waals surface area contributed by atoms with Gasteiger partial charge in [0.15, 0.2) is 5.65 Å². The van der Waals surface area contributed by atoms with Gasteiger partial charge in [-0.05, 0) is 12.5 Å². The van der Waals surface area contributed by atoms with Crippen molar-refractivity contribution < 1.29 is 0 Å². The highest BCUT2D eigenvalue weighted by Crippen LogP contribution is 2.11. The normalized spacial score (nSPS) is 10.8. The quantitative estimate of drug-likeness (QED) is 0.630. The first-order chi connectivity index (χ1) is 5.81. The van der Waals surface area contributed by atoms with Crippen LogP contribution in [0.4, 0.5) is 0 Å². The second-order valence-electron chi connectivity index (χ2n) is 2.52. The minimum Gasteiger partial charge on any atom is -0.219 e. The van der Waals surface area contributed by atoms with E-state index in [4.69, 9.17) is 11.6 Å². The highest BCUT2D eigenvalue weighted by molar-refractivity contribution is 6.29. The summed E-state index contributed by atoms with van der Waals surface area (Å²) in [6.45, 7) is 2.06. The van der Waals surface area contributed by atoms with Crippen molar-refractivity contribution in [2.45, 2.75) is 13.3 Å². The molecule has 0 amide bonds. The molecular weight excluding hydrogens is 174 g/mol. The molecule has 0 saturated heterocycles. The first-order valence-corrected chi connectivity index (χ1v) is 4.18. The third-order valence-corrected chi connectivity index (χ3v) is 1.96. The Balaban J connectivity index is 2.80. The van der Waals surface area contributed by atoms with Crippen molar-refractivity contribution >= 4 is 17.2 Å². The molecule has 0 aliphatic carbocycles. The average molecular weight is 182 g/mol. The number of aryl methyl sites for hydroxylation is 1. The van der Waals surface area contributed by atoms with Crippen LogP contribution >= 0.6 is 11.6 Å². The van der Waals surface area contributed by atoms with Gasteiger partial charge >= 0.3 is 0 Å². The van der Waals surface area contributed by atoms with Gasteiger partial charge in [0.1, 0.15) is 5.15 Å². The summed E-state index contributed by atoms with van der Waals surface area (Å²) < 4.78 is 1.80. The number of halogens is 1. The van der Waals surface area contributed by atoms with E-state index >= 15 is 0 Å². The Morgan fingerprint density at radius 2 is 2.42 bits per heavy atom. The Labute approximate surface area is 75.0 Å². The monoisotopic (exact) mass is 181 g/mol. The van der Waals surface area contributed by atoms with Crippen molar-refractivity contribution in [3.05, 3.63) is 29.2 Å². The smallest absolute Gasteiger partial charge is 0.156 e. The van der Waals surface area contributed by atoms with Gasteiger partial charge in [-0.2, -0.15) is 5.10 Å². The van der Waals surface area contributed by atoms with Crippen LogP contribution in [0.2, 0.25) is 5.15 Å². The summed E-state index contributed by atoms with van der Waals surface area (Å²) in [4.78, 5) is 4.11. The number of hydrogen-bond donors (Lipinski definition) is 0. The Hall–Kier alpha value is -1.09. The molecule has 0 fully saturated rings. The molecule has 3 nitrogen and oxygen atoms in total. The van der Waals surface area contributed by atoms with Crippen molar-refractivity contribution in [1.29, 1.82) is 0 Å². The second-order valence-corrected chi connectivity index (χ2v) is 2.91. The van der Waals surface area contributed by atoms with Gasteiger partial charge in [-0.1, -0.05) is 18.5 Å². The molecule has 12 heavy (non-hydrogen) atoms. The number of fused-ring (bicyclic) bond motifs is 1. The van der Waals surface area contributed by atoms with Gasteiger partial charge < -0.3 is 0 Å². The minimum atomic E-state index is 0.528. The van der Waals surface area contributed by atoms with Gasteiger partial charge in [0.05, 0.1) is 6.20 Å². The Kier molecular flexibility index (Phi) is 1.73. The maximum atomic E-state index is 5.81. The van der Waals surface area contributed by atoms with E-state index in [0.717, 1.165) is 17.8 Å². The topological polar surface area (TPSA) is 30.2 Å². The van der Waals surface area contributed by atoms with Crippen LogP contribution in [-0.2, 0) is 6.42 Å².